The van der Waals surface area contributed by atoms with Crippen molar-refractivity contribution in [2.45, 2.75) is 65.5 Å². The van der Waals surface area contributed by atoms with Gasteiger partial charge in [0, 0.05) is 127 Å². The van der Waals surface area contributed by atoms with E-state index in [4.69, 9.17) is 70.0 Å². The number of halogens is 5. The first-order chi connectivity index (χ1) is 50.2. The Balaban J connectivity index is 0.000000160. The van der Waals surface area contributed by atoms with Gasteiger partial charge in [0.25, 0.3) is 0 Å². The van der Waals surface area contributed by atoms with Gasteiger partial charge in [0.2, 0.25) is 23.6 Å². The Bertz CT molecular complexity index is 4720. The van der Waals surface area contributed by atoms with Crippen molar-refractivity contribution in [1.82, 2.24) is 65.0 Å². The molecule has 6 saturated heterocycles. The SMILES string of the molecule is Cc1ccc(-c2c[nH]c3c(OC4C5CNCC4COC5)ncnc23)c(F)c1.Cc1ccc(-c2c[nH]c3c(OC4C5COCC4CN(C(=O)OC(C)(C)C)C5)ncnc23)c(F)c1.Cc1ccc(-c2c[nH]c3c(OC4C5COCC4CN(c4ncc(Cl)cn4)C5)ncnc23)c(F)c1.Cl.O=S=O.O=S=O.O=S=O. The number of likely N-dealkylation sites (tertiary alicyclic amines) is 1. The summed E-state index contributed by atoms with van der Waals surface area (Å²) >= 11 is 3.69. The van der Waals surface area contributed by atoms with Crippen LogP contribution in [0.15, 0.2) is 105 Å². The van der Waals surface area contributed by atoms with Crippen LogP contribution in [0.3, 0.4) is 0 Å². The van der Waals surface area contributed by atoms with Gasteiger partial charge in [0.1, 0.15) is 93.4 Å². The molecule has 0 spiro atoms. The average molecular weight is 1550 g/mol. The quantitative estimate of drug-likeness (QED) is 0.0989. The van der Waals surface area contributed by atoms with Crippen LogP contribution in [-0.4, -0.2) is 194 Å². The first kappa shape index (κ1) is 78.3. The highest BCUT2D eigenvalue weighted by atomic mass is 35.5. The highest BCUT2D eigenvalue weighted by molar-refractivity contribution is 7.52. The van der Waals surface area contributed by atoms with E-state index in [0.717, 1.165) is 29.8 Å². The number of carbonyl (C=O) groups is 1. The number of rotatable bonds is 10. The van der Waals surface area contributed by atoms with E-state index in [0.29, 0.717) is 173 Å². The van der Waals surface area contributed by atoms with Crippen LogP contribution in [-0.2, 0) is 53.7 Å². The number of amides is 1. The van der Waals surface area contributed by atoms with Crippen molar-refractivity contribution in [3.05, 3.63) is 144 Å². The summed E-state index contributed by atoms with van der Waals surface area (Å²) in [6, 6.07) is 15.5. The normalized spacial score (nSPS) is 21.3. The summed E-state index contributed by atoms with van der Waals surface area (Å²) < 4.78 is 136. The van der Waals surface area contributed by atoms with Crippen LogP contribution >= 0.6 is 24.0 Å². The molecule has 7 aromatic heterocycles. The Kier molecular flexibility index (Phi) is 26.6. The van der Waals surface area contributed by atoms with Crippen molar-refractivity contribution in [3.8, 4) is 51.0 Å². The number of hydrogen-bond acceptors (Lipinski definition) is 24. The summed E-state index contributed by atoms with van der Waals surface area (Å²) in [6.45, 7) is 18.8. The molecule has 36 heteroatoms. The van der Waals surface area contributed by atoms with E-state index in [9.17, 15) is 18.0 Å². The molecule has 105 heavy (non-hydrogen) atoms. The van der Waals surface area contributed by atoms with Crippen LogP contribution in [0.5, 0.6) is 17.6 Å². The van der Waals surface area contributed by atoms with Gasteiger partial charge in [0.05, 0.1) is 57.1 Å². The molecular weight excluding hydrogens is 1470 g/mol. The third kappa shape index (κ3) is 18.5. The lowest BCUT2D eigenvalue weighted by molar-refractivity contribution is -0.112. The minimum atomic E-state index is -0.750. The Morgan fingerprint density at radius 3 is 1.15 bits per heavy atom. The van der Waals surface area contributed by atoms with Crippen LogP contribution in [0.25, 0.3) is 66.5 Å². The predicted octanol–water partition coefficient (Wildman–Crippen LogP) is 9.48. The zero-order valence-corrected chi connectivity index (χ0v) is 61.4. The summed E-state index contributed by atoms with van der Waals surface area (Å²) in [7, 11) is 0. The van der Waals surface area contributed by atoms with Gasteiger partial charge in [-0.05, 0) is 76.4 Å². The molecule has 6 aliphatic heterocycles. The molecule has 13 heterocycles. The molecule has 0 saturated carbocycles. The van der Waals surface area contributed by atoms with Crippen LogP contribution < -0.4 is 24.4 Å². The summed E-state index contributed by atoms with van der Waals surface area (Å²) in [5.74, 6) is 1.97. The number of H-pyrrole nitrogens is 3. The molecule has 556 valence electrons. The lowest BCUT2D eigenvalue weighted by atomic mass is 9.84. The summed E-state index contributed by atoms with van der Waals surface area (Å²) in [5, 5.41) is 3.94. The highest BCUT2D eigenvalue weighted by Gasteiger charge is 2.46. The number of carbonyl (C=O) groups excluding carboxylic acids is 1. The Labute approximate surface area is 621 Å². The number of nitrogens with one attached hydrogen (secondary N) is 4. The number of anilines is 1. The average Bonchev–Trinajstić information content (AvgIpc) is 1.71. The summed E-state index contributed by atoms with van der Waals surface area (Å²) in [6.07, 6.45) is 12.3. The zero-order valence-electron chi connectivity index (χ0n) is 57.3. The number of fused-ring (bicyclic) bond motifs is 9. The molecule has 1 amide bonds. The summed E-state index contributed by atoms with van der Waals surface area (Å²) in [5.41, 5.74) is 9.43. The Hall–Kier alpha value is -9.26. The van der Waals surface area contributed by atoms with E-state index in [1.807, 2.05) is 59.7 Å². The Morgan fingerprint density at radius 2 is 0.819 bits per heavy atom. The number of piperidine rings is 3. The number of aryl methyl sites for hydroxylation is 3. The summed E-state index contributed by atoms with van der Waals surface area (Å²) in [4.78, 5) is 61.1. The van der Waals surface area contributed by atoms with Crippen LogP contribution in [0.2, 0.25) is 5.02 Å². The maximum Gasteiger partial charge on any atom is 0.410 e. The van der Waals surface area contributed by atoms with E-state index in [2.05, 4.69) is 65.0 Å². The van der Waals surface area contributed by atoms with E-state index in [1.54, 1.807) is 54.1 Å². The van der Waals surface area contributed by atoms with Gasteiger partial charge >= 0.3 is 40.8 Å². The fourth-order valence-electron chi connectivity index (χ4n) is 13.8. The molecule has 6 unspecified atom stereocenters. The maximum absolute atomic E-state index is 14.6. The zero-order chi connectivity index (χ0) is 73.8. The molecule has 6 aliphatic rings. The minimum absolute atomic E-state index is 0. The van der Waals surface area contributed by atoms with E-state index >= 15 is 0 Å². The molecule has 16 rings (SSSR count). The molecule has 10 aromatic rings. The molecule has 6 bridgehead atoms. The molecule has 28 nitrogen and oxygen atoms in total. The molecule has 3 aromatic carbocycles. The van der Waals surface area contributed by atoms with Crippen molar-refractivity contribution >= 4 is 104 Å². The molecule has 0 radical (unpaired) electrons. The van der Waals surface area contributed by atoms with Crippen molar-refractivity contribution < 1.29 is 76.4 Å². The second kappa shape index (κ2) is 35.7. The van der Waals surface area contributed by atoms with Gasteiger partial charge < -0.3 is 63.2 Å². The van der Waals surface area contributed by atoms with Gasteiger partial charge in [0.15, 0.2) is 0 Å². The Morgan fingerprint density at radius 1 is 0.495 bits per heavy atom. The molecule has 6 atom stereocenters. The molecule has 4 N–H and O–H groups in total. The first-order valence-corrected chi connectivity index (χ1v) is 35.2. The fourth-order valence-corrected chi connectivity index (χ4v) is 13.9. The fraction of sp³-hybridized carbons (Fsp3) is 0.406. The smallest absolute Gasteiger partial charge is 0.410 e. The first-order valence-electron chi connectivity index (χ1n) is 32.9. The molecule has 6 fully saturated rings. The van der Waals surface area contributed by atoms with Crippen molar-refractivity contribution in [1.29, 1.82) is 0 Å². The maximum atomic E-state index is 14.6. The number of ether oxygens (including phenoxy) is 7. The van der Waals surface area contributed by atoms with Gasteiger partial charge in [-0.25, -0.2) is 42.9 Å². The van der Waals surface area contributed by atoms with Crippen molar-refractivity contribution in [2.75, 3.05) is 83.8 Å². The number of aromatic amines is 3. The monoisotopic (exact) mass is 1540 g/mol. The van der Waals surface area contributed by atoms with E-state index < -0.39 is 40.3 Å². The second-order valence-electron chi connectivity index (χ2n) is 26.5. The third-order valence-electron chi connectivity index (χ3n) is 18.2. The number of aromatic nitrogens is 11. The van der Waals surface area contributed by atoms with Gasteiger partial charge in [-0.2, -0.15) is 40.2 Å². The minimum Gasteiger partial charge on any atom is -0.472 e. The number of benzene rings is 3. The van der Waals surface area contributed by atoms with Gasteiger partial charge in [-0.3, -0.25) is 0 Å². The van der Waals surface area contributed by atoms with Crippen LogP contribution in [0.1, 0.15) is 37.5 Å². The molecule has 0 aliphatic carbocycles. The van der Waals surface area contributed by atoms with Crippen molar-refractivity contribution in [3.63, 3.8) is 0 Å². The van der Waals surface area contributed by atoms with Gasteiger partial charge in [-0.15, -0.1) is 12.4 Å². The second-order valence-corrected chi connectivity index (χ2v) is 27.4. The largest absolute Gasteiger partial charge is 0.472 e. The van der Waals surface area contributed by atoms with Crippen LogP contribution in [0, 0.1) is 73.7 Å². The van der Waals surface area contributed by atoms with Crippen LogP contribution in [0.4, 0.5) is 23.9 Å². The number of nitrogens with zero attached hydrogens (tertiary/aromatic N) is 10. The topological polar surface area (TPSA) is 353 Å². The predicted molar refractivity (Wildman–Crippen MR) is 383 cm³/mol. The van der Waals surface area contributed by atoms with E-state index in [1.165, 1.54) is 37.2 Å². The standard InChI is InChI=1S/C25H29FN4O4.C24H22ClFN6O2.C20H21FN4O2.ClH.3O2S/c1-14-5-6-17(19(26)7-14)18-8-27-21-20(18)28-13-29-23(21)33-22-15-9-30(10-16(22)12-32-11-15)24(31)34-25(2,3)4;1-13-2-3-17(19(26)4-13)18-7-27-21-20(18)30-12-31-23(21)34-22-14-8-32(9-15(22)11-33-10-14)24-28-5-16(25)6-29-24;1-11-2-3-14(16(21)4-11)15-7-23-18-17(15)24-10-25-20(18)27-19-12-5-22-6-13(19)9-26-8-12;;3*1-3-2/h5-8,13,15-16,22,27H,9-12H2,1-4H3;2-7,12,14-15,22,27H,8-11H2,1H3;2-4,7,10,12-13,19,22-23H,5-6,8-9H2,1H3;1H;;;. The van der Waals surface area contributed by atoms with Crippen molar-refractivity contribution in [2.24, 2.45) is 35.5 Å². The van der Waals surface area contributed by atoms with Gasteiger partial charge in [-0.1, -0.05) is 48.0 Å². The number of hydrogen-bond donors (Lipinski definition) is 4. The lowest BCUT2D eigenvalue weighted by Crippen LogP contribution is -2.59. The highest BCUT2D eigenvalue weighted by Crippen LogP contribution is 2.41. The van der Waals surface area contributed by atoms with E-state index in [-0.39, 0.29) is 77.9 Å². The molecular formula is C69H73Cl2F3N14O14S3. The lowest BCUT2D eigenvalue weighted by Gasteiger charge is -2.46. The third-order valence-corrected chi connectivity index (χ3v) is 18.4.